The fourth-order valence-corrected chi connectivity index (χ4v) is 3.23. The topological polar surface area (TPSA) is 86.7 Å². The molecule has 0 aromatic rings. The molecule has 1 heterocycles. The second-order valence-electron chi connectivity index (χ2n) is 6.03. The lowest BCUT2D eigenvalue weighted by molar-refractivity contribution is -0.137. The van der Waals surface area contributed by atoms with Crippen LogP contribution in [0.2, 0.25) is 0 Å². The number of unbranched alkanes of at least 4 members (excludes halogenated alkanes) is 1. The van der Waals surface area contributed by atoms with Crippen LogP contribution in [0, 0.1) is 5.92 Å². The first-order chi connectivity index (χ1) is 10.1. The summed E-state index contributed by atoms with van der Waals surface area (Å²) in [7, 11) is 0. The highest BCUT2D eigenvalue weighted by atomic mass is 16.4. The van der Waals surface area contributed by atoms with Crippen LogP contribution in [0.3, 0.4) is 0 Å². The van der Waals surface area contributed by atoms with Crippen LogP contribution in [0.15, 0.2) is 0 Å². The highest BCUT2D eigenvalue weighted by Crippen LogP contribution is 2.29. The number of carbonyl (C=O) groups is 3. The average Bonchev–Trinajstić information content (AvgIpc) is 3.06. The maximum Gasteiger partial charge on any atom is 0.303 e. The van der Waals surface area contributed by atoms with Gasteiger partial charge >= 0.3 is 5.97 Å². The predicted molar refractivity (Wildman–Crippen MR) is 76.6 cm³/mol. The van der Waals surface area contributed by atoms with Gasteiger partial charge in [0.05, 0.1) is 5.92 Å². The average molecular weight is 296 g/mol. The summed E-state index contributed by atoms with van der Waals surface area (Å²) in [5, 5.41) is 11.3. The van der Waals surface area contributed by atoms with Gasteiger partial charge in [-0.15, -0.1) is 0 Å². The van der Waals surface area contributed by atoms with E-state index in [-0.39, 0.29) is 24.2 Å². The van der Waals surface area contributed by atoms with Gasteiger partial charge < -0.3 is 15.3 Å². The summed E-state index contributed by atoms with van der Waals surface area (Å²) in [6.45, 7) is 1.03. The minimum absolute atomic E-state index is 0.0702. The first kappa shape index (κ1) is 15.8. The second-order valence-corrected chi connectivity index (χ2v) is 6.03. The van der Waals surface area contributed by atoms with E-state index in [1.54, 1.807) is 0 Å². The van der Waals surface area contributed by atoms with E-state index in [1.165, 1.54) is 12.8 Å². The maximum atomic E-state index is 12.0. The Balaban J connectivity index is 1.68. The standard InChI is InChI=1S/C15H24N2O4/c18-13-9-11(10-17(13)12-5-1-2-6-12)15(21)16-8-4-3-7-14(19)20/h11-12H,1-10H2,(H,16,21)(H,19,20). The van der Waals surface area contributed by atoms with Gasteiger partial charge in [0.2, 0.25) is 11.8 Å². The molecule has 1 unspecified atom stereocenters. The van der Waals surface area contributed by atoms with Gasteiger partial charge in [-0.3, -0.25) is 14.4 Å². The fourth-order valence-electron chi connectivity index (χ4n) is 3.23. The van der Waals surface area contributed by atoms with Crippen molar-refractivity contribution in [3.63, 3.8) is 0 Å². The number of amides is 2. The Morgan fingerprint density at radius 3 is 2.62 bits per heavy atom. The zero-order chi connectivity index (χ0) is 15.2. The molecule has 2 rings (SSSR count). The van der Waals surface area contributed by atoms with Gasteiger partial charge in [0, 0.05) is 32.0 Å². The number of likely N-dealkylation sites (tertiary alicyclic amines) is 1. The Kier molecular flexibility index (Phi) is 5.59. The molecule has 6 nitrogen and oxygen atoms in total. The Labute approximate surface area is 124 Å². The van der Waals surface area contributed by atoms with E-state index in [4.69, 9.17) is 5.11 Å². The minimum Gasteiger partial charge on any atom is -0.481 e. The molecule has 1 atom stereocenters. The summed E-state index contributed by atoms with van der Waals surface area (Å²) in [5.74, 6) is -1.01. The number of hydrogen-bond donors (Lipinski definition) is 2. The van der Waals surface area contributed by atoms with Crippen LogP contribution in [-0.4, -0.2) is 46.9 Å². The zero-order valence-electron chi connectivity index (χ0n) is 12.3. The summed E-state index contributed by atoms with van der Waals surface area (Å²) in [6.07, 6.45) is 6.15. The van der Waals surface area contributed by atoms with Gasteiger partial charge in [-0.25, -0.2) is 0 Å². The van der Waals surface area contributed by atoms with E-state index >= 15 is 0 Å². The summed E-state index contributed by atoms with van der Waals surface area (Å²) in [6, 6.07) is 0.339. The van der Waals surface area contributed by atoms with Gasteiger partial charge in [-0.05, 0) is 25.7 Å². The van der Waals surface area contributed by atoms with E-state index in [2.05, 4.69) is 5.32 Å². The van der Waals surface area contributed by atoms with Crippen LogP contribution in [-0.2, 0) is 14.4 Å². The Morgan fingerprint density at radius 1 is 1.24 bits per heavy atom. The van der Waals surface area contributed by atoms with Crippen LogP contribution < -0.4 is 5.32 Å². The lowest BCUT2D eigenvalue weighted by Gasteiger charge is -2.23. The molecule has 0 radical (unpaired) electrons. The van der Waals surface area contributed by atoms with Crippen LogP contribution in [0.5, 0.6) is 0 Å². The minimum atomic E-state index is -0.810. The number of hydrogen-bond acceptors (Lipinski definition) is 3. The van der Waals surface area contributed by atoms with Crippen molar-refractivity contribution in [1.82, 2.24) is 10.2 Å². The lowest BCUT2D eigenvalue weighted by atomic mass is 10.1. The highest BCUT2D eigenvalue weighted by molar-refractivity contribution is 5.89. The Hall–Kier alpha value is -1.59. The maximum absolute atomic E-state index is 12.0. The predicted octanol–water partition coefficient (Wildman–Crippen LogP) is 1.15. The molecular weight excluding hydrogens is 272 g/mol. The largest absolute Gasteiger partial charge is 0.481 e. The molecule has 21 heavy (non-hydrogen) atoms. The van der Waals surface area contributed by atoms with E-state index < -0.39 is 5.97 Å². The Bertz CT molecular complexity index is 404. The molecule has 2 amide bonds. The number of carbonyl (C=O) groups excluding carboxylic acids is 2. The van der Waals surface area contributed by atoms with Gasteiger partial charge in [0.25, 0.3) is 0 Å². The molecule has 2 fully saturated rings. The number of nitrogens with zero attached hydrogens (tertiary/aromatic N) is 1. The van der Waals surface area contributed by atoms with Crippen molar-refractivity contribution in [2.24, 2.45) is 5.92 Å². The van der Waals surface area contributed by atoms with Crippen LogP contribution in [0.1, 0.15) is 51.4 Å². The summed E-state index contributed by atoms with van der Waals surface area (Å²) < 4.78 is 0. The Morgan fingerprint density at radius 2 is 1.95 bits per heavy atom. The fraction of sp³-hybridized carbons (Fsp3) is 0.800. The van der Waals surface area contributed by atoms with E-state index in [0.29, 0.717) is 38.4 Å². The quantitative estimate of drug-likeness (QED) is 0.690. The summed E-state index contributed by atoms with van der Waals surface area (Å²) in [5.41, 5.74) is 0. The molecule has 1 saturated heterocycles. The zero-order valence-corrected chi connectivity index (χ0v) is 12.3. The monoisotopic (exact) mass is 296 g/mol. The van der Waals surface area contributed by atoms with Crippen molar-refractivity contribution in [1.29, 1.82) is 0 Å². The van der Waals surface area contributed by atoms with Crippen LogP contribution in [0.4, 0.5) is 0 Å². The van der Waals surface area contributed by atoms with Crippen molar-refractivity contribution in [3.05, 3.63) is 0 Å². The van der Waals surface area contributed by atoms with Crippen LogP contribution >= 0.6 is 0 Å². The van der Waals surface area contributed by atoms with E-state index in [1.807, 2.05) is 4.90 Å². The number of carboxylic acids is 1. The van der Waals surface area contributed by atoms with Gasteiger partial charge in [0.1, 0.15) is 0 Å². The number of nitrogens with one attached hydrogen (secondary N) is 1. The second kappa shape index (κ2) is 7.43. The molecule has 0 aromatic heterocycles. The summed E-state index contributed by atoms with van der Waals surface area (Å²) in [4.78, 5) is 36.3. The SMILES string of the molecule is O=C(O)CCCCNC(=O)C1CC(=O)N(C2CCCC2)C1. The van der Waals surface area contributed by atoms with Gasteiger partial charge in [-0.1, -0.05) is 12.8 Å². The summed E-state index contributed by atoms with van der Waals surface area (Å²) >= 11 is 0. The number of rotatable bonds is 7. The van der Waals surface area contributed by atoms with E-state index in [0.717, 1.165) is 12.8 Å². The third-order valence-electron chi connectivity index (χ3n) is 4.41. The highest BCUT2D eigenvalue weighted by Gasteiger charge is 2.38. The molecule has 6 heteroatoms. The van der Waals surface area contributed by atoms with Gasteiger partial charge in [-0.2, -0.15) is 0 Å². The van der Waals surface area contributed by atoms with Crippen molar-refractivity contribution in [2.45, 2.75) is 57.4 Å². The molecule has 118 valence electrons. The van der Waals surface area contributed by atoms with Gasteiger partial charge in [0.15, 0.2) is 0 Å². The molecule has 2 aliphatic rings. The third kappa shape index (κ3) is 4.44. The number of aliphatic carboxylic acids is 1. The van der Waals surface area contributed by atoms with Crippen molar-refractivity contribution >= 4 is 17.8 Å². The molecule has 1 aliphatic heterocycles. The normalized spacial score (nSPS) is 22.8. The lowest BCUT2D eigenvalue weighted by Crippen LogP contribution is -2.37. The molecule has 1 aliphatic carbocycles. The third-order valence-corrected chi connectivity index (χ3v) is 4.41. The molecule has 0 aromatic carbocycles. The smallest absolute Gasteiger partial charge is 0.303 e. The number of carboxylic acid groups (broad SMARTS) is 1. The molecule has 0 bridgehead atoms. The first-order valence-corrected chi connectivity index (χ1v) is 7.87. The van der Waals surface area contributed by atoms with Crippen molar-refractivity contribution in [2.75, 3.05) is 13.1 Å². The van der Waals surface area contributed by atoms with Crippen LogP contribution in [0.25, 0.3) is 0 Å². The molecular formula is C15H24N2O4. The molecule has 1 saturated carbocycles. The van der Waals surface area contributed by atoms with E-state index in [9.17, 15) is 14.4 Å². The molecule has 2 N–H and O–H groups in total. The first-order valence-electron chi connectivity index (χ1n) is 7.87. The molecule has 0 spiro atoms. The van der Waals surface area contributed by atoms with Crippen molar-refractivity contribution in [3.8, 4) is 0 Å². The van der Waals surface area contributed by atoms with Crippen molar-refractivity contribution < 1.29 is 19.5 Å².